The Morgan fingerprint density at radius 2 is 1.59 bits per heavy atom. The van der Waals surface area contributed by atoms with Crippen LogP contribution >= 0.6 is 23.1 Å². The van der Waals surface area contributed by atoms with Gasteiger partial charge in [0.15, 0.2) is 0 Å². The predicted octanol–water partition coefficient (Wildman–Crippen LogP) is 8.04. The lowest BCUT2D eigenvalue weighted by Crippen LogP contribution is -2.37. The first-order valence-corrected chi connectivity index (χ1v) is 15.3. The first-order valence-electron chi connectivity index (χ1n) is 13.6. The molecule has 1 fully saturated rings. The molecule has 1 atom stereocenters. The monoisotopic (exact) mass is 559 g/mol. The van der Waals surface area contributed by atoms with Gasteiger partial charge in [0.25, 0.3) is 5.24 Å². The number of anilines is 1. The smallest absolute Gasteiger partial charge is 0.296 e. The summed E-state index contributed by atoms with van der Waals surface area (Å²) in [5.74, 6) is 0.963. The molecule has 0 bridgehead atoms. The summed E-state index contributed by atoms with van der Waals surface area (Å²) in [5.41, 5.74) is 4.74. The average Bonchev–Trinajstić information content (AvgIpc) is 3.50. The number of ether oxygens (including phenoxy) is 2. The van der Waals surface area contributed by atoms with E-state index in [0.717, 1.165) is 44.3 Å². The summed E-state index contributed by atoms with van der Waals surface area (Å²) in [6.45, 7) is 3.16. The Morgan fingerprint density at radius 1 is 0.846 bits per heavy atom. The van der Waals surface area contributed by atoms with E-state index in [2.05, 4.69) is 54.8 Å². The van der Waals surface area contributed by atoms with Gasteiger partial charge in [0, 0.05) is 34.3 Å². The van der Waals surface area contributed by atoms with Crippen molar-refractivity contribution in [3.8, 4) is 5.75 Å². The maximum absolute atomic E-state index is 12.3. The van der Waals surface area contributed by atoms with Crippen molar-refractivity contribution < 1.29 is 19.1 Å². The number of para-hydroxylation sites is 1. The van der Waals surface area contributed by atoms with E-state index < -0.39 is 6.23 Å². The molecule has 1 aliphatic heterocycles. The highest BCUT2D eigenvalue weighted by Gasteiger charge is 2.41. The van der Waals surface area contributed by atoms with Crippen LogP contribution in [0.4, 0.5) is 10.5 Å². The minimum Gasteiger partial charge on any atom is -0.493 e. The fraction of sp³-hybridized carbons (Fsp3) is 0.312. The highest BCUT2D eigenvalue weighted by atomic mass is 32.2. The Morgan fingerprint density at radius 3 is 2.36 bits per heavy atom. The van der Waals surface area contributed by atoms with Gasteiger partial charge in [-0.15, -0.1) is 11.3 Å². The van der Waals surface area contributed by atoms with Gasteiger partial charge in [0.05, 0.1) is 6.61 Å². The number of carbonyl (C=O) groups is 2. The van der Waals surface area contributed by atoms with Crippen LogP contribution < -0.4 is 9.64 Å². The second-order valence-electron chi connectivity index (χ2n) is 9.59. The summed E-state index contributed by atoms with van der Waals surface area (Å²) >= 11 is 2.53. The molecular formula is C32H33NO4S2. The van der Waals surface area contributed by atoms with Crippen molar-refractivity contribution >= 4 is 49.2 Å². The third kappa shape index (κ3) is 6.55. The number of rotatable bonds is 13. The van der Waals surface area contributed by atoms with Gasteiger partial charge in [0.1, 0.15) is 5.75 Å². The minimum absolute atomic E-state index is 0.267. The molecule has 5 nitrogen and oxygen atoms in total. The number of thiophene rings is 1. The molecule has 1 aromatic heterocycles. The van der Waals surface area contributed by atoms with Gasteiger partial charge in [-0.2, -0.15) is 0 Å². The Bertz CT molecular complexity index is 1400. The van der Waals surface area contributed by atoms with E-state index in [1.807, 2.05) is 41.7 Å². The van der Waals surface area contributed by atoms with Crippen LogP contribution in [0.25, 0.3) is 10.1 Å². The molecule has 1 unspecified atom stereocenters. The van der Waals surface area contributed by atoms with Crippen molar-refractivity contribution in [1.82, 2.24) is 0 Å². The Hall–Kier alpha value is -3.13. The SMILES string of the molecule is CCCc1c(OCCCCOC2C(=O)SC(=O)N2c2ccccc2)ccc2c(CCc3ccccc3)csc12. The van der Waals surface area contributed by atoms with E-state index >= 15 is 0 Å². The van der Waals surface area contributed by atoms with Gasteiger partial charge < -0.3 is 9.47 Å². The third-order valence-corrected chi connectivity index (χ3v) is 8.71. The van der Waals surface area contributed by atoms with Crippen LogP contribution in [0, 0.1) is 0 Å². The number of carbonyl (C=O) groups excluding carboxylic acids is 2. The molecule has 202 valence electrons. The molecule has 3 aromatic carbocycles. The van der Waals surface area contributed by atoms with Crippen molar-refractivity contribution in [2.45, 2.75) is 51.7 Å². The number of amides is 1. The number of aryl methyl sites for hydroxylation is 3. The van der Waals surface area contributed by atoms with Gasteiger partial charge in [0.2, 0.25) is 11.3 Å². The minimum atomic E-state index is -0.876. The Labute approximate surface area is 238 Å². The topological polar surface area (TPSA) is 55.8 Å². The average molecular weight is 560 g/mol. The fourth-order valence-corrected chi connectivity index (χ4v) is 6.79. The lowest BCUT2D eigenvalue weighted by atomic mass is 10.0. The van der Waals surface area contributed by atoms with Crippen molar-refractivity contribution in [2.24, 2.45) is 0 Å². The number of thioether (sulfide) groups is 1. The summed E-state index contributed by atoms with van der Waals surface area (Å²) < 4.78 is 13.5. The molecule has 1 aliphatic rings. The first kappa shape index (κ1) is 27.4. The normalized spacial score (nSPS) is 15.4. The Balaban J connectivity index is 1.15. The fourth-order valence-electron chi connectivity index (χ4n) is 4.87. The summed E-state index contributed by atoms with van der Waals surface area (Å²) in [6.07, 6.45) is 4.77. The van der Waals surface area contributed by atoms with Crippen LogP contribution in [0.5, 0.6) is 5.75 Å². The number of unbranched alkanes of at least 4 members (excludes halogenated alkanes) is 1. The van der Waals surface area contributed by atoms with E-state index in [9.17, 15) is 9.59 Å². The maximum Gasteiger partial charge on any atom is 0.296 e. The molecule has 2 heterocycles. The van der Waals surface area contributed by atoms with E-state index in [0.29, 0.717) is 30.7 Å². The zero-order valence-electron chi connectivity index (χ0n) is 22.1. The van der Waals surface area contributed by atoms with Gasteiger partial charge in [-0.25, -0.2) is 0 Å². The van der Waals surface area contributed by atoms with Crippen LogP contribution in [-0.2, 0) is 28.8 Å². The van der Waals surface area contributed by atoms with Crippen LogP contribution in [0.2, 0.25) is 0 Å². The predicted molar refractivity (Wildman–Crippen MR) is 161 cm³/mol. The van der Waals surface area contributed by atoms with Gasteiger partial charge in [-0.3, -0.25) is 14.5 Å². The molecule has 5 rings (SSSR count). The van der Waals surface area contributed by atoms with E-state index in [-0.39, 0.29) is 10.4 Å². The molecule has 4 aromatic rings. The zero-order chi connectivity index (χ0) is 27.0. The van der Waals surface area contributed by atoms with Crippen LogP contribution in [-0.4, -0.2) is 29.8 Å². The van der Waals surface area contributed by atoms with Crippen LogP contribution in [0.15, 0.2) is 78.2 Å². The number of nitrogens with zero attached hydrogens (tertiary/aromatic N) is 1. The van der Waals surface area contributed by atoms with Gasteiger partial charge in [-0.05, 0) is 78.3 Å². The second-order valence-corrected chi connectivity index (χ2v) is 11.4. The maximum atomic E-state index is 12.3. The number of hydrogen-bond donors (Lipinski definition) is 0. The standard InChI is InChI=1S/C32H33NO4S2/c1-2-11-27-28(19-18-26-24(22-38-29(26)27)17-16-23-12-5-3-6-13-23)36-20-9-10-21-37-30-31(34)39-32(35)33(30)25-14-7-4-8-15-25/h3-8,12-15,18-19,22,30H,2,9-11,16-17,20-21H2,1H3. The van der Waals surface area contributed by atoms with Crippen LogP contribution in [0.3, 0.4) is 0 Å². The van der Waals surface area contributed by atoms with E-state index in [4.69, 9.17) is 9.47 Å². The number of hydrogen-bond acceptors (Lipinski definition) is 6. The van der Waals surface area contributed by atoms with Crippen LogP contribution in [0.1, 0.15) is 42.9 Å². The summed E-state index contributed by atoms with van der Waals surface area (Å²) in [5, 5.41) is 3.09. The van der Waals surface area contributed by atoms with E-state index in [1.165, 1.54) is 31.7 Å². The second kappa shape index (κ2) is 13.3. The highest BCUT2D eigenvalue weighted by molar-refractivity contribution is 8.27. The molecule has 0 saturated carbocycles. The van der Waals surface area contributed by atoms with Crippen molar-refractivity contribution in [2.75, 3.05) is 18.1 Å². The summed E-state index contributed by atoms with van der Waals surface area (Å²) in [4.78, 5) is 26.1. The third-order valence-electron chi connectivity index (χ3n) is 6.84. The quantitative estimate of drug-likeness (QED) is 0.155. The van der Waals surface area contributed by atoms with Crippen molar-refractivity contribution in [3.05, 3.63) is 94.9 Å². The highest BCUT2D eigenvalue weighted by Crippen LogP contribution is 2.36. The Kier molecular flexibility index (Phi) is 9.35. The lowest BCUT2D eigenvalue weighted by Gasteiger charge is -2.22. The molecule has 0 spiro atoms. The molecule has 0 N–H and O–H groups in total. The van der Waals surface area contributed by atoms with E-state index in [1.54, 1.807) is 0 Å². The molecule has 0 radical (unpaired) electrons. The zero-order valence-corrected chi connectivity index (χ0v) is 23.8. The molecule has 1 amide bonds. The van der Waals surface area contributed by atoms with Gasteiger partial charge in [-0.1, -0.05) is 61.9 Å². The molecule has 7 heteroatoms. The van der Waals surface area contributed by atoms with Crippen molar-refractivity contribution in [1.29, 1.82) is 0 Å². The number of fused-ring (bicyclic) bond motifs is 1. The summed E-state index contributed by atoms with van der Waals surface area (Å²) in [7, 11) is 0. The first-order chi connectivity index (χ1) is 19.2. The molecule has 1 saturated heterocycles. The van der Waals surface area contributed by atoms with Gasteiger partial charge >= 0.3 is 0 Å². The number of benzene rings is 3. The molecule has 39 heavy (non-hydrogen) atoms. The van der Waals surface area contributed by atoms with Crippen molar-refractivity contribution in [3.63, 3.8) is 0 Å². The molecule has 0 aliphatic carbocycles. The molecular weight excluding hydrogens is 526 g/mol. The lowest BCUT2D eigenvalue weighted by molar-refractivity contribution is -0.120. The largest absolute Gasteiger partial charge is 0.493 e. The summed E-state index contributed by atoms with van der Waals surface area (Å²) in [6, 6.07) is 24.2.